The number of carbonyl (C=O) groups is 4. The largest absolute Gasteiger partial charge is 0.469 e. The molecule has 0 radical (unpaired) electrons. The Labute approximate surface area is 123 Å². The Bertz CT molecular complexity index is 405. The lowest BCUT2D eigenvalue weighted by atomic mass is 9.95. The van der Waals surface area contributed by atoms with Gasteiger partial charge in [-0.3, -0.25) is 14.4 Å². The lowest BCUT2D eigenvalue weighted by molar-refractivity contribution is -0.159. The summed E-state index contributed by atoms with van der Waals surface area (Å²) >= 11 is 0. The number of esters is 3. The summed E-state index contributed by atoms with van der Waals surface area (Å²) in [5.74, 6) is -4.46. The van der Waals surface area contributed by atoms with Crippen molar-refractivity contribution < 1.29 is 33.4 Å². The molecule has 0 spiro atoms. The van der Waals surface area contributed by atoms with Gasteiger partial charge in [-0.2, -0.15) is 0 Å². The van der Waals surface area contributed by atoms with Crippen molar-refractivity contribution in [2.24, 2.45) is 11.8 Å². The summed E-state index contributed by atoms with van der Waals surface area (Å²) in [6, 6.07) is -1.32. The molecule has 0 aromatic carbocycles. The summed E-state index contributed by atoms with van der Waals surface area (Å²) in [5, 5.41) is 2.39. The molecular formula is C13H21NO7. The number of hydrogen-bond acceptors (Lipinski definition) is 7. The van der Waals surface area contributed by atoms with Gasteiger partial charge < -0.3 is 19.5 Å². The van der Waals surface area contributed by atoms with Crippen LogP contribution in [0, 0.1) is 11.8 Å². The molecule has 120 valence electrons. The molecule has 0 saturated heterocycles. The van der Waals surface area contributed by atoms with E-state index in [2.05, 4.69) is 19.5 Å². The standard InChI is InChI=1S/C13H21NO7/c1-7(2)11(16)14-10(13(18)21-5)8(12(17)20-4)6-9(15)19-3/h7-8,10H,6H2,1-5H3,(H,14,16)/t8-,10-/m0/s1. The molecule has 8 heteroatoms. The highest BCUT2D eigenvalue weighted by Crippen LogP contribution is 2.15. The molecule has 0 aliphatic carbocycles. The van der Waals surface area contributed by atoms with Gasteiger partial charge in [0.25, 0.3) is 0 Å². The summed E-state index contributed by atoms with van der Waals surface area (Å²) in [6.45, 7) is 3.24. The number of rotatable bonds is 7. The quantitative estimate of drug-likeness (QED) is 0.506. The molecular weight excluding hydrogens is 282 g/mol. The van der Waals surface area contributed by atoms with Crippen LogP contribution >= 0.6 is 0 Å². The van der Waals surface area contributed by atoms with E-state index in [9.17, 15) is 19.2 Å². The second-order valence-electron chi connectivity index (χ2n) is 4.57. The zero-order valence-corrected chi connectivity index (χ0v) is 12.8. The first kappa shape index (κ1) is 18.9. The van der Waals surface area contributed by atoms with Crippen LogP contribution < -0.4 is 5.32 Å². The third kappa shape index (κ3) is 5.80. The molecule has 0 unspecified atom stereocenters. The number of carbonyl (C=O) groups excluding carboxylic acids is 4. The predicted molar refractivity (Wildman–Crippen MR) is 70.9 cm³/mol. The van der Waals surface area contributed by atoms with Crippen LogP contribution in [0.4, 0.5) is 0 Å². The lowest BCUT2D eigenvalue weighted by Crippen LogP contribution is -2.51. The van der Waals surface area contributed by atoms with E-state index in [-0.39, 0.29) is 0 Å². The van der Waals surface area contributed by atoms with E-state index in [4.69, 9.17) is 0 Å². The van der Waals surface area contributed by atoms with E-state index in [1.807, 2.05) is 0 Å². The molecule has 0 bridgehead atoms. The third-order valence-electron chi connectivity index (χ3n) is 2.80. The predicted octanol–water partition coefficient (Wildman–Crippen LogP) is -0.347. The van der Waals surface area contributed by atoms with Crippen molar-refractivity contribution in [3.05, 3.63) is 0 Å². The maximum atomic E-state index is 11.8. The van der Waals surface area contributed by atoms with Gasteiger partial charge in [0.15, 0.2) is 0 Å². The Morgan fingerprint density at radius 2 is 1.43 bits per heavy atom. The topological polar surface area (TPSA) is 108 Å². The molecule has 1 amide bonds. The summed E-state index contributed by atoms with van der Waals surface area (Å²) in [7, 11) is 3.38. The molecule has 0 aromatic rings. The average molecular weight is 303 g/mol. The Morgan fingerprint density at radius 3 is 1.81 bits per heavy atom. The van der Waals surface area contributed by atoms with Gasteiger partial charge in [-0.15, -0.1) is 0 Å². The fourth-order valence-electron chi connectivity index (χ4n) is 1.52. The summed E-state index contributed by atoms with van der Waals surface area (Å²) in [6.07, 6.45) is -0.415. The van der Waals surface area contributed by atoms with Crippen molar-refractivity contribution in [2.75, 3.05) is 21.3 Å². The minimum atomic E-state index is -1.32. The van der Waals surface area contributed by atoms with Crippen LogP contribution in [0.25, 0.3) is 0 Å². The van der Waals surface area contributed by atoms with E-state index in [1.165, 1.54) is 0 Å². The maximum Gasteiger partial charge on any atom is 0.329 e. The molecule has 0 aliphatic heterocycles. The monoisotopic (exact) mass is 303 g/mol. The fraction of sp³-hybridized carbons (Fsp3) is 0.692. The third-order valence-corrected chi connectivity index (χ3v) is 2.80. The van der Waals surface area contributed by atoms with Gasteiger partial charge in [-0.05, 0) is 0 Å². The Morgan fingerprint density at radius 1 is 0.905 bits per heavy atom. The molecule has 0 fully saturated rings. The Balaban J connectivity index is 5.35. The van der Waals surface area contributed by atoms with Gasteiger partial charge in [0.2, 0.25) is 5.91 Å². The summed E-state index contributed by atoms with van der Waals surface area (Å²) < 4.78 is 13.6. The van der Waals surface area contributed by atoms with E-state index >= 15 is 0 Å². The van der Waals surface area contributed by atoms with Crippen LogP contribution in [-0.4, -0.2) is 51.2 Å². The first-order chi connectivity index (χ1) is 9.78. The first-order valence-corrected chi connectivity index (χ1v) is 6.31. The molecule has 0 rings (SSSR count). The van der Waals surface area contributed by atoms with Crippen LogP contribution in [0.3, 0.4) is 0 Å². The van der Waals surface area contributed by atoms with E-state index in [0.29, 0.717) is 0 Å². The van der Waals surface area contributed by atoms with Crippen LogP contribution in [0.15, 0.2) is 0 Å². The van der Waals surface area contributed by atoms with Crippen LogP contribution in [0.2, 0.25) is 0 Å². The molecule has 0 heterocycles. The van der Waals surface area contributed by atoms with Crippen LogP contribution in [0.5, 0.6) is 0 Å². The number of hydrogen-bond donors (Lipinski definition) is 1. The molecule has 8 nitrogen and oxygen atoms in total. The Kier molecular flexibility index (Phi) is 8.03. The number of amides is 1. The molecule has 2 atom stereocenters. The SMILES string of the molecule is COC(=O)C[C@H](C(=O)OC)[C@H](NC(=O)C(C)C)C(=O)OC. The van der Waals surface area contributed by atoms with Crippen molar-refractivity contribution in [2.45, 2.75) is 26.3 Å². The Hall–Kier alpha value is -2.12. The van der Waals surface area contributed by atoms with Gasteiger partial charge in [-0.1, -0.05) is 13.8 Å². The highest BCUT2D eigenvalue weighted by molar-refractivity contribution is 5.91. The normalized spacial score (nSPS) is 13.0. The van der Waals surface area contributed by atoms with Gasteiger partial charge in [0, 0.05) is 5.92 Å². The van der Waals surface area contributed by atoms with Gasteiger partial charge in [0.05, 0.1) is 33.7 Å². The second-order valence-corrected chi connectivity index (χ2v) is 4.57. The highest BCUT2D eigenvalue weighted by Gasteiger charge is 2.38. The second kappa shape index (κ2) is 8.93. The van der Waals surface area contributed by atoms with Crippen molar-refractivity contribution in [3.63, 3.8) is 0 Å². The number of ether oxygens (including phenoxy) is 3. The van der Waals surface area contributed by atoms with Gasteiger partial charge in [0.1, 0.15) is 6.04 Å². The van der Waals surface area contributed by atoms with Crippen molar-refractivity contribution in [1.29, 1.82) is 0 Å². The fourth-order valence-corrected chi connectivity index (χ4v) is 1.52. The zero-order chi connectivity index (χ0) is 16.6. The van der Waals surface area contributed by atoms with E-state index < -0.39 is 48.1 Å². The molecule has 21 heavy (non-hydrogen) atoms. The average Bonchev–Trinajstić information content (AvgIpc) is 2.48. The summed E-state index contributed by atoms with van der Waals surface area (Å²) in [4.78, 5) is 46.7. The highest BCUT2D eigenvalue weighted by atomic mass is 16.5. The van der Waals surface area contributed by atoms with Crippen LogP contribution in [0.1, 0.15) is 20.3 Å². The number of nitrogens with one attached hydrogen (secondary N) is 1. The van der Waals surface area contributed by atoms with Gasteiger partial charge >= 0.3 is 17.9 Å². The molecule has 0 aliphatic rings. The van der Waals surface area contributed by atoms with E-state index in [1.54, 1.807) is 13.8 Å². The summed E-state index contributed by atoms with van der Waals surface area (Å²) in [5.41, 5.74) is 0. The number of methoxy groups -OCH3 is 3. The van der Waals surface area contributed by atoms with Crippen LogP contribution in [-0.2, 0) is 33.4 Å². The van der Waals surface area contributed by atoms with Gasteiger partial charge in [-0.25, -0.2) is 4.79 Å². The molecule has 1 N–H and O–H groups in total. The van der Waals surface area contributed by atoms with Crippen molar-refractivity contribution in [3.8, 4) is 0 Å². The molecule has 0 aromatic heterocycles. The minimum absolute atomic E-state index is 0.409. The molecule has 0 saturated carbocycles. The zero-order valence-electron chi connectivity index (χ0n) is 12.8. The smallest absolute Gasteiger partial charge is 0.329 e. The first-order valence-electron chi connectivity index (χ1n) is 6.31. The van der Waals surface area contributed by atoms with E-state index in [0.717, 1.165) is 21.3 Å². The van der Waals surface area contributed by atoms with Crippen molar-refractivity contribution >= 4 is 23.8 Å². The lowest BCUT2D eigenvalue weighted by Gasteiger charge is -2.24. The maximum absolute atomic E-state index is 11.8. The van der Waals surface area contributed by atoms with Crippen molar-refractivity contribution in [1.82, 2.24) is 5.32 Å². The minimum Gasteiger partial charge on any atom is -0.469 e.